The summed E-state index contributed by atoms with van der Waals surface area (Å²) in [4.78, 5) is 12.0. The highest BCUT2D eigenvalue weighted by molar-refractivity contribution is 5.89. The Bertz CT molecular complexity index is 657. The summed E-state index contributed by atoms with van der Waals surface area (Å²) in [6, 6.07) is 17.4. The Morgan fingerprint density at radius 2 is 1.77 bits per heavy atom. The van der Waals surface area contributed by atoms with Crippen molar-refractivity contribution in [3.8, 4) is 5.75 Å². The predicted octanol–water partition coefficient (Wildman–Crippen LogP) is 4.59. The molecule has 0 aliphatic rings. The maximum atomic E-state index is 12.0. The predicted molar refractivity (Wildman–Crippen MR) is 105 cm³/mol. The summed E-state index contributed by atoms with van der Waals surface area (Å²) in [5.41, 5.74) is 1.76. The number of urea groups is 1. The van der Waals surface area contributed by atoms with Gasteiger partial charge in [0.2, 0.25) is 0 Å². The molecule has 2 rings (SSSR count). The van der Waals surface area contributed by atoms with Crippen molar-refractivity contribution < 1.29 is 14.3 Å². The van der Waals surface area contributed by atoms with Crippen LogP contribution >= 0.6 is 0 Å². The molecule has 5 heteroatoms. The molecule has 2 aromatic carbocycles. The van der Waals surface area contributed by atoms with Gasteiger partial charge in [-0.25, -0.2) is 4.79 Å². The molecule has 0 fully saturated rings. The number of para-hydroxylation sites is 1. The molecule has 0 spiro atoms. The van der Waals surface area contributed by atoms with Gasteiger partial charge in [0, 0.05) is 11.7 Å². The van der Waals surface area contributed by atoms with E-state index >= 15 is 0 Å². The van der Waals surface area contributed by atoms with Crippen LogP contribution in [0.1, 0.15) is 32.3 Å². The molecule has 140 valence electrons. The van der Waals surface area contributed by atoms with E-state index < -0.39 is 0 Å². The fourth-order valence-corrected chi connectivity index (χ4v) is 2.51. The zero-order valence-corrected chi connectivity index (χ0v) is 15.5. The number of carbonyl (C=O) groups is 1. The van der Waals surface area contributed by atoms with Crippen molar-refractivity contribution in [2.75, 3.05) is 18.5 Å². The molecule has 0 aliphatic carbocycles. The normalized spacial score (nSPS) is 10.6. The number of hydrogen-bond acceptors (Lipinski definition) is 3. The molecular formula is C21H28N2O3. The van der Waals surface area contributed by atoms with E-state index in [1.165, 1.54) is 0 Å². The van der Waals surface area contributed by atoms with E-state index in [2.05, 4.69) is 24.5 Å². The van der Waals surface area contributed by atoms with Gasteiger partial charge in [-0.1, -0.05) is 44.2 Å². The molecule has 2 N–H and O–H groups in total. The quantitative estimate of drug-likeness (QED) is 0.612. The number of carbonyl (C=O) groups excluding carboxylic acids is 1. The monoisotopic (exact) mass is 356 g/mol. The lowest BCUT2D eigenvalue weighted by Crippen LogP contribution is -2.37. The van der Waals surface area contributed by atoms with E-state index in [9.17, 15) is 4.79 Å². The first-order chi connectivity index (χ1) is 12.7. The first-order valence-corrected chi connectivity index (χ1v) is 9.13. The van der Waals surface area contributed by atoms with Gasteiger partial charge in [0.1, 0.15) is 12.4 Å². The largest absolute Gasteiger partial charge is 0.491 e. The number of benzene rings is 2. The molecule has 0 heterocycles. The molecule has 5 nitrogen and oxygen atoms in total. The summed E-state index contributed by atoms with van der Waals surface area (Å²) in [5.74, 6) is 0.839. The van der Waals surface area contributed by atoms with Gasteiger partial charge in [-0.05, 0) is 42.7 Å². The van der Waals surface area contributed by atoms with Gasteiger partial charge in [0.05, 0.1) is 13.2 Å². The van der Waals surface area contributed by atoms with E-state index in [1.54, 1.807) is 0 Å². The minimum absolute atomic E-state index is 0.173. The van der Waals surface area contributed by atoms with E-state index in [1.807, 2.05) is 54.6 Å². The van der Waals surface area contributed by atoms with Gasteiger partial charge in [0.15, 0.2) is 0 Å². The van der Waals surface area contributed by atoms with E-state index in [0.29, 0.717) is 19.8 Å². The van der Waals surface area contributed by atoms with Crippen LogP contribution in [0.4, 0.5) is 10.5 Å². The third kappa shape index (κ3) is 7.15. The highest BCUT2D eigenvalue weighted by atomic mass is 16.5. The van der Waals surface area contributed by atoms with Crippen molar-refractivity contribution in [2.45, 2.75) is 39.3 Å². The topological polar surface area (TPSA) is 59.6 Å². The number of ether oxygens (including phenoxy) is 2. The Balaban J connectivity index is 1.71. The van der Waals surface area contributed by atoms with Crippen LogP contribution in [0, 0.1) is 0 Å². The number of amides is 2. The smallest absolute Gasteiger partial charge is 0.319 e. The highest BCUT2D eigenvalue weighted by Gasteiger charge is 2.08. The van der Waals surface area contributed by atoms with Crippen molar-refractivity contribution in [2.24, 2.45) is 0 Å². The number of nitrogens with one attached hydrogen (secondary N) is 2. The van der Waals surface area contributed by atoms with Gasteiger partial charge < -0.3 is 20.1 Å². The molecule has 0 saturated heterocycles. The van der Waals surface area contributed by atoms with Crippen molar-refractivity contribution in [3.63, 3.8) is 0 Å². The molecule has 0 aliphatic heterocycles. The summed E-state index contributed by atoms with van der Waals surface area (Å²) in [6.07, 6.45) is 1.84. The molecule has 0 bridgehead atoms. The summed E-state index contributed by atoms with van der Waals surface area (Å²) < 4.78 is 11.2. The summed E-state index contributed by atoms with van der Waals surface area (Å²) in [5, 5.41) is 5.84. The SMILES string of the molecule is CCC(CC)NC(=O)Nc1cccc(COCCOc2ccccc2)c1. The van der Waals surface area contributed by atoms with Crippen LogP contribution in [-0.4, -0.2) is 25.3 Å². The Labute approximate surface area is 155 Å². The summed E-state index contributed by atoms with van der Waals surface area (Å²) in [7, 11) is 0. The second-order valence-corrected chi connectivity index (χ2v) is 6.03. The minimum Gasteiger partial charge on any atom is -0.491 e. The fraction of sp³-hybridized carbons (Fsp3) is 0.381. The number of anilines is 1. The Morgan fingerprint density at radius 1 is 1.00 bits per heavy atom. The van der Waals surface area contributed by atoms with E-state index in [-0.39, 0.29) is 12.1 Å². The molecule has 0 unspecified atom stereocenters. The summed E-state index contributed by atoms with van der Waals surface area (Å²) >= 11 is 0. The van der Waals surface area contributed by atoms with Crippen molar-refractivity contribution in [1.29, 1.82) is 0 Å². The molecule has 0 aromatic heterocycles. The van der Waals surface area contributed by atoms with E-state index in [4.69, 9.17) is 9.47 Å². The van der Waals surface area contributed by atoms with Gasteiger partial charge in [-0.2, -0.15) is 0 Å². The third-order valence-corrected chi connectivity index (χ3v) is 4.01. The van der Waals surface area contributed by atoms with Crippen LogP contribution in [0.25, 0.3) is 0 Å². The van der Waals surface area contributed by atoms with Crippen molar-refractivity contribution >= 4 is 11.7 Å². The molecule has 26 heavy (non-hydrogen) atoms. The lowest BCUT2D eigenvalue weighted by Gasteiger charge is -2.15. The first kappa shape index (κ1) is 19.8. The van der Waals surface area contributed by atoms with Crippen LogP contribution in [0.2, 0.25) is 0 Å². The average Bonchev–Trinajstić information content (AvgIpc) is 2.67. The van der Waals surface area contributed by atoms with Crippen LogP contribution in [-0.2, 0) is 11.3 Å². The van der Waals surface area contributed by atoms with Gasteiger partial charge >= 0.3 is 6.03 Å². The Kier molecular flexibility index (Phi) is 8.49. The third-order valence-electron chi connectivity index (χ3n) is 4.01. The zero-order valence-electron chi connectivity index (χ0n) is 15.5. The van der Waals surface area contributed by atoms with Crippen molar-refractivity contribution in [3.05, 3.63) is 60.2 Å². The molecule has 0 atom stereocenters. The second kappa shape index (κ2) is 11.2. The van der Waals surface area contributed by atoms with Crippen molar-refractivity contribution in [1.82, 2.24) is 5.32 Å². The molecule has 0 saturated carbocycles. The number of hydrogen-bond donors (Lipinski definition) is 2. The molecular weight excluding hydrogens is 328 g/mol. The first-order valence-electron chi connectivity index (χ1n) is 9.13. The zero-order chi connectivity index (χ0) is 18.6. The maximum absolute atomic E-state index is 12.0. The Morgan fingerprint density at radius 3 is 2.50 bits per heavy atom. The standard InChI is InChI=1S/C21H28N2O3/c1-3-18(4-2)22-21(24)23-19-10-8-9-17(15-19)16-25-13-14-26-20-11-6-5-7-12-20/h5-12,15,18H,3-4,13-14,16H2,1-2H3,(H2,22,23,24). The van der Waals surface area contributed by atoms with Gasteiger partial charge in [-0.15, -0.1) is 0 Å². The second-order valence-electron chi connectivity index (χ2n) is 6.03. The van der Waals surface area contributed by atoms with E-state index in [0.717, 1.165) is 29.8 Å². The molecule has 0 radical (unpaired) electrons. The molecule has 2 aromatic rings. The van der Waals surface area contributed by atoms with Crippen LogP contribution < -0.4 is 15.4 Å². The van der Waals surface area contributed by atoms with Gasteiger partial charge in [-0.3, -0.25) is 0 Å². The van der Waals surface area contributed by atoms with Crippen LogP contribution in [0.15, 0.2) is 54.6 Å². The summed E-state index contributed by atoms with van der Waals surface area (Å²) in [6.45, 7) is 5.60. The number of rotatable bonds is 10. The minimum atomic E-state index is -0.173. The van der Waals surface area contributed by atoms with Crippen LogP contribution in [0.5, 0.6) is 5.75 Å². The lowest BCUT2D eigenvalue weighted by molar-refractivity contribution is 0.0889. The maximum Gasteiger partial charge on any atom is 0.319 e. The highest BCUT2D eigenvalue weighted by Crippen LogP contribution is 2.12. The Hall–Kier alpha value is -2.53. The lowest BCUT2D eigenvalue weighted by atomic mass is 10.2. The fourth-order valence-electron chi connectivity index (χ4n) is 2.51. The van der Waals surface area contributed by atoms with Gasteiger partial charge in [0.25, 0.3) is 0 Å². The van der Waals surface area contributed by atoms with Crippen LogP contribution in [0.3, 0.4) is 0 Å². The average molecular weight is 356 g/mol. The molecule has 2 amide bonds.